The lowest BCUT2D eigenvalue weighted by molar-refractivity contribution is -0.131. The molecule has 1 N–H and O–H groups in total. The maximum atomic E-state index is 12.7. The average molecular weight is 327 g/mol. The third-order valence-electron chi connectivity index (χ3n) is 6.10. The predicted octanol–water partition coefficient (Wildman–Crippen LogP) is 1.69. The molecule has 2 heterocycles. The smallest absolute Gasteiger partial charge is 0.222 e. The number of nitrogens with one attached hydrogen (secondary N) is 1. The van der Waals surface area contributed by atoms with Crippen LogP contribution < -0.4 is 5.32 Å². The number of carbonyl (C=O) groups excluding carboxylic acids is 1. The number of hydrogen-bond donors (Lipinski definition) is 1. The molecular weight excluding hydrogens is 298 g/mol. The molecule has 2 aliphatic heterocycles. The van der Waals surface area contributed by atoms with Crippen molar-refractivity contribution in [2.45, 2.75) is 38.1 Å². The quantitative estimate of drug-likeness (QED) is 0.918. The molecule has 2 atom stereocenters. The zero-order chi connectivity index (χ0) is 16.4. The molecule has 0 radical (unpaired) electrons. The highest BCUT2D eigenvalue weighted by atomic mass is 16.2. The molecule has 4 heteroatoms. The van der Waals surface area contributed by atoms with Gasteiger partial charge in [0.15, 0.2) is 0 Å². The van der Waals surface area contributed by atoms with Gasteiger partial charge in [-0.3, -0.25) is 9.69 Å². The Morgan fingerprint density at radius 1 is 1.08 bits per heavy atom. The molecule has 1 aliphatic carbocycles. The Hall–Kier alpha value is -1.39. The number of rotatable bonds is 3. The van der Waals surface area contributed by atoms with Gasteiger partial charge in [0, 0.05) is 51.7 Å². The number of nitrogens with zero attached hydrogens (tertiary/aromatic N) is 2. The van der Waals surface area contributed by atoms with E-state index in [9.17, 15) is 4.79 Å². The van der Waals surface area contributed by atoms with Crippen LogP contribution in [0.3, 0.4) is 0 Å². The minimum absolute atomic E-state index is 0.386. The fourth-order valence-electron chi connectivity index (χ4n) is 4.64. The van der Waals surface area contributed by atoms with Crippen molar-refractivity contribution < 1.29 is 4.79 Å². The third kappa shape index (κ3) is 3.50. The van der Waals surface area contributed by atoms with E-state index in [1.165, 1.54) is 11.1 Å². The van der Waals surface area contributed by atoms with Crippen LogP contribution in [0, 0.1) is 5.92 Å². The Bertz CT molecular complexity index is 582. The molecule has 24 heavy (non-hydrogen) atoms. The number of amides is 1. The van der Waals surface area contributed by atoms with Crippen molar-refractivity contribution >= 4 is 5.91 Å². The largest absolute Gasteiger partial charge is 0.341 e. The summed E-state index contributed by atoms with van der Waals surface area (Å²) >= 11 is 0. The van der Waals surface area contributed by atoms with E-state index in [1.54, 1.807) is 0 Å². The molecule has 2 unspecified atom stereocenters. The van der Waals surface area contributed by atoms with Crippen molar-refractivity contribution in [3.8, 4) is 0 Å². The highest BCUT2D eigenvalue weighted by Gasteiger charge is 2.32. The SMILES string of the molecule is O=C(CC1CCc2ccccc2C1)N1CCC(N2CCNCC2)C1. The molecule has 2 fully saturated rings. The Labute approximate surface area is 145 Å². The lowest BCUT2D eigenvalue weighted by Crippen LogP contribution is -2.49. The summed E-state index contributed by atoms with van der Waals surface area (Å²) in [6, 6.07) is 9.32. The zero-order valence-corrected chi connectivity index (χ0v) is 14.5. The predicted molar refractivity (Wildman–Crippen MR) is 96.0 cm³/mol. The van der Waals surface area contributed by atoms with Crippen molar-refractivity contribution in [3.05, 3.63) is 35.4 Å². The van der Waals surface area contributed by atoms with Gasteiger partial charge in [-0.05, 0) is 42.7 Å². The molecule has 1 aromatic rings. The van der Waals surface area contributed by atoms with Gasteiger partial charge < -0.3 is 10.2 Å². The topological polar surface area (TPSA) is 35.6 Å². The number of fused-ring (bicyclic) bond motifs is 1. The van der Waals surface area contributed by atoms with Crippen LogP contribution in [0.15, 0.2) is 24.3 Å². The summed E-state index contributed by atoms with van der Waals surface area (Å²) in [4.78, 5) is 17.5. The third-order valence-corrected chi connectivity index (χ3v) is 6.10. The minimum Gasteiger partial charge on any atom is -0.341 e. The van der Waals surface area contributed by atoms with E-state index in [2.05, 4.69) is 39.4 Å². The van der Waals surface area contributed by atoms with E-state index in [0.29, 0.717) is 17.9 Å². The summed E-state index contributed by atoms with van der Waals surface area (Å²) in [7, 11) is 0. The van der Waals surface area contributed by atoms with E-state index in [4.69, 9.17) is 0 Å². The maximum absolute atomic E-state index is 12.7. The Balaban J connectivity index is 1.29. The lowest BCUT2D eigenvalue weighted by atomic mass is 9.82. The van der Waals surface area contributed by atoms with Gasteiger partial charge in [0.2, 0.25) is 5.91 Å². The number of aryl methyl sites for hydroxylation is 1. The molecule has 2 saturated heterocycles. The summed E-state index contributed by atoms with van der Waals surface area (Å²) in [5.41, 5.74) is 2.95. The molecular formula is C20H29N3O. The van der Waals surface area contributed by atoms with Gasteiger partial charge in [0.25, 0.3) is 0 Å². The van der Waals surface area contributed by atoms with Crippen LogP contribution in [-0.2, 0) is 17.6 Å². The zero-order valence-electron chi connectivity index (χ0n) is 14.5. The number of hydrogen-bond acceptors (Lipinski definition) is 3. The minimum atomic E-state index is 0.386. The number of carbonyl (C=O) groups is 1. The fraction of sp³-hybridized carbons (Fsp3) is 0.650. The van der Waals surface area contributed by atoms with Crippen LogP contribution >= 0.6 is 0 Å². The normalized spacial score (nSPS) is 27.9. The van der Waals surface area contributed by atoms with Gasteiger partial charge in [-0.2, -0.15) is 0 Å². The van der Waals surface area contributed by atoms with E-state index < -0.39 is 0 Å². The molecule has 4 rings (SSSR count). The first kappa shape index (κ1) is 16.1. The standard InChI is InChI=1S/C20H29N3O/c24-20(14-16-5-6-17-3-1-2-4-18(17)13-16)23-10-7-19(15-23)22-11-8-21-9-12-22/h1-4,16,19,21H,5-15H2. The molecule has 3 aliphatic rings. The van der Waals surface area contributed by atoms with Gasteiger partial charge in [-0.25, -0.2) is 0 Å². The van der Waals surface area contributed by atoms with Crippen LogP contribution in [0.5, 0.6) is 0 Å². The number of piperazine rings is 1. The molecule has 0 bridgehead atoms. The number of benzene rings is 1. The Morgan fingerprint density at radius 3 is 2.71 bits per heavy atom. The van der Waals surface area contributed by atoms with Gasteiger partial charge in [0.1, 0.15) is 0 Å². The van der Waals surface area contributed by atoms with Gasteiger partial charge in [-0.1, -0.05) is 24.3 Å². The van der Waals surface area contributed by atoms with Gasteiger partial charge >= 0.3 is 0 Å². The Morgan fingerprint density at radius 2 is 1.88 bits per heavy atom. The van der Waals surface area contributed by atoms with E-state index >= 15 is 0 Å². The van der Waals surface area contributed by atoms with Crippen molar-refractivity contribution in [2.24, 2.45) is 5.92 Å². The van der Waals surface area contributed by atoms with Gasteiger partial charge in [-0.15, -0.1) is 0 Å². The lowest BCUT2D eigenvalue weighted by Gasteiger charge is -2.32. The first-order valence-corrected chi connectivity index (χ1v) is 9.59. The van der Waals surface area contributed by atoms with E-state index in [1.807, 2.05) is 0 Å². The van der Waals surface area contributed by atoms with E-state index in [0.717, 1.165) is 71.4 Å². The second-order valence-electron chi connectivity index (χ2n) is 7.65. The van der Waals surface area contributed by atoms with Crippen LogP contribution in [0.2, 0.25) is 0 Å². The van der Waals surface area contributed by atoms with Crippen LogP contribution in [0.4, 0.5) is 0 Å². The van der Waals surface area contributed by atoms with Crippen LogP contribution in [0.25, 0.3) is 0 Å². The molecule has 0 spiro atoms. The highest BCUT2D eigenvalue weighted by Crippen LogP contribution is 2.28. The summed E-state index contributed by atoms with van der Waals surface area (Å²) in [5, 5.41) is 3.41. The summed E-state index contributed by atoms with van der Waals surface area (Å²) in [6.07, 6.45) is 5.27. The van der Waals surface area contributed by atoms with Crippen molar-refractivity contribution in [1.29, 1.82) is 0 Å². The number of likely N-dealkylation sites (tertiary alicyclic amines) is 1. The summed E-state index contributed by atoms with van der Waals surface area (Å²) in [5.74, 6) is 0.919. The second kappa shape index (κ2) is 7.24. The monoisotopic (exact) mass is 327 g/mol. The van der Waals surface area contributed by atoms with Crippen molar-refractivity contribution in [2.75, 3.05) is 39.3 Å². The molecule has 130 valence electrons. The molecule has 1 aromatic carbocycles. The van der Waals surface area contributed by atoms with Crippen molar-refractivity contribution in [1.82, 2.24) is 15.1 Å². The maximum Gasteiger partial charge on any atom is 0.222 e. The molecule has 0 aromatic heterocycles. The van der Waals surface area contributed by atoms with Crippen LogP contribution in [0.1, 0.15) is 30.4 Å². The molecule has 1 amide bonds. The van der Waals surface area contributed by atoms with Crippen LogP contribution in [-0.4, -0.2) is 61.0 Å². The van der Waals surface area contributed by atoms with Crippen molar-refractivity contribution in [3.63, 3.8) is 0 Å². The molecule has 0 saturated carbocycles. The van der Waals surface area contributed by atoms with E-state index in [-0.39, 0.29) is 0 Å². The summed E-state index contributed by atoms with van der Waals surface area (Å²) in [6.45, 7) is 6.34. The Kier molecular flexibility index (Phi) is 4.86. The van der Waals surface area contributed by atoms with Gasteiger partial charge in [0.05, 0.1) is 0 Å². The molecule has 4 nitrogen and oxygen atoms in total. The first-order valence-electron chi connectivity index (χ1n) is 9.59. The fourth-order valence-corrected chi connectivity index (χ4v) is 4.64. The summed E-state index contributed by atoms with van der Waals surface area (Å²) < 4.78 is 0. The average Bonchev–Trinajstić information content (AvgIpc) is 3.13. The first-order chi connectivity index (χ1) is 11.8. The highest BCUT2D eigenvalue weighted by molar-refractivity contribution is 5.77. The second-order valence-corrected chi connectivity index (χ2v) is 7.65.